The van der Waals surface area contributed by atoms with Crippen LogP contribution in [0.3, 0.4) is 0 Å². The minimum Gasteiger partial charge on any atom is -0.347 e. The Morgan fingerprint density at radius 3 is 2.83 bits per heavy atom. The van der Waals surface area contributed by atoms with E-state index in [9.17, 15) is 4.79 Å². The number of carbonyl (C=O) groups is 1. The highest BCUT2D eigenvalue weighted by atomic mass is 32.2. The van der Waals surface area contributed by atoms with Crippen LogP contribution < -0.4 is 5.32 Å². The van der Waals surface area contributed by atoms with Crippen molar-refractivity contribution in [2.75, 3.05) is 12.0 Å². The maximum Gasteiger partial charge on any atom is 0.243 e. The highest BCUT2D eigenvalue weighted by molar-refractivity contribution is 7.98. The highest BCUT2D eigenvalue weighted by Crippen LogP contribution is 2.16. The fraction of sp³-hybridized carbons (Fsp3) is 0.294. The third-order valence-electron chi connectivity index (χ3n) is 3.75. The monoisotopic (exact) mass is 328 g/mol. The zero-order valence-electron chi connectivity index (χ0n) is 13.0. The van der Waals surface area contributed by atoms with Crippen LogP contribution in [0.4, 0.5) is 0 Å². The molecule has 6 heteroatoms. The molecule has 0 saturated carbocycles. The summed E-state index contributed by atoms with van der Waals surface area (Å²) in [5.74, 6) is 1.74. The lowest BCUT2D eigenvalue weighted by atomic mass is 10.2. The summed E-state index contributed by atoms with van der Waals surface area (Å²) >= 11 is 1.75. The van der Waals surface area contributed by atoms with Crippen molar-refractivity contribution in [1.82, 2.24) is 19.9 Å². The van der Waals surface area contributed by atoms with Gasteiger partial charge in [-0.3, -0.25) is 4.79 Å². The molecule has 1 unspecified atom stereocenters. The second-order valence-electron chi connectivity index (χ2n) is 5.35. The van der Waals surface area contributed by atoms with Gasteiger partial charge in [0.2, 0.25) is 5.91 Å². The Hall–Kier alpha value is -2.21. The number of para-hydroxylation sites is 2. The molecule has 1 amide bonds. The van der Waals surface area contributed by atoms with E-state index in [0.717, 1.165) is 29.0 Å². The quantitative estimate of drug-likeness (QED) is 0.701. The van der Waals surface area contributed by atoms with Crippen LogP contribution in [0, 0.1) is 0 Å². The summed E-state index contributed by atoms with van der Waals surface area (Å²) < 4.78 is 1.96. The van der Waals surface area contributed by atoms with Crippen LogP contribution in [0.2, 0.25) is 0 Å². The summed E-state index contributed by atoms with van der Waals surface area (Å²) in [6, 6.07) is 11.6. The normalized spacial score (nSPS) is 12.4. The van der Waals surface area contributed by atoms with Gasteiger partial charge in [-0.2, -0.15) is 11.8 Å². The van der Waals surface area contributed by atoms with Gasteiger partial charge in [0.05, 0.1) is 17.6 Å². The molecule has 0 aliphatic carbocycles. The number of fused-ring (bicyclic) bond motifs is 1. The second-order valence-corrected chi connectivity index (χ2v) is 6.33. The van der Waals surface area contributed by atoms with Crippen LogP contribution in [-0.4, -0.2) is 32.5 Å². The molecule has 23 heavy (non-hydrogen) atoms. The summed E-state index contributed by atoms with van der Waals surface area (Å²) in [5.41, 5.74) is 1.90. The Balaban J connectivity index is 1.66. The number of H-pyrrole nitrogens is 1. The van der Waals surface area contributed by atoms with E-state index in [1.165, 1.54) is 0 Å². The summed E-state index contributed by atoms with van der Waals surface area (Å²) in [7, 11) is 0. The summed E-state index contributed by atoms with van der Waals surface area (Å²) in [4.78, 5) is 20.3. The van der Waals surface area contributed by atoms with Crippen LogP contribution in [0.1, 0.15) is 18.3 Å². The van der Waals surface area contributed by atoms with Gasteiger partial charge in [0.1, 0.15) is 11.9 Å². The number of rotatable bonds is 7. The van der Waals surface area contributed by atoms with E-state index in [4.69, 9.17) is 0 Å². The number of aromatic nitrogens is 3. The first kappa shape index (κ1) is 15.7. The number of thioether (sulfide) groups is 1. The van der Waals surface area contributed by atoms with Crippen molar-refractivity contribution in [2.45, 2.75) is 19.0 Å². The van der Waals surface area contributed by atoms with E-state index in [1.54, 1.807) is 11.8 Å². The molecule has 3 rings (SSSR count). The molecule has 0 bridgehead atoms. The number of hydrogen-bond donors (Lipinski definition) is 2. The third kappa shape index (κ3) is 3.76. The van der Waals surface area contributed by atoms with Crippen LogP contribution >= 0.6 is 11.8 Å². The lowest BCUT2D eigenvalue weighted by molar-refractivity contribution is -0.124. The van der Waals surface area contributed by atoms with Gasteiger partial charge in [-0.05, 0) is 42.7 Å². The van der Waals surface area contributed by atoms with Gasteiger partial charge in [0, 0.05) is 12.4 Å². The van der Waals surface area contributed by atoms with Crippen molar-refractivity contribution in [3.8, 4) is 0 Å². The van der Waals surface area contributed by atoms with Crippen LogP contribution in [0.25, 0.3) is 11.0 Å². The van der Waals surface area contributed by atoms with E-state index >= 15 is 0 Å². The molecule has 1 atom stereocenters. The second kappa shape index (κ2) is 7.37. The number of imidazole rings is 1. The number of benzene rings is 1. The molecule has 0 saturated heterocycles. The van der Waals surface area contributed by atoms with E-state index in [1.807, 2.05) is 53.4 Å². The SMILES string of the molecule is CSCCC(C(=O)NCc1nc2ccccc2[nH]1)n1cccc1. The first-order valence-corrected chi connectivity index (χ1v) is 9.00. The Morgan fingerprint density at radius 2 is 2.09 bits per heavy atom. The average molecular weight is 328 g/mol. The Labute approximate surface area is 139 Å². The third-order valence-corrected chi connectivity index (χ3v) is 4.40. The number of nitrogens with zero attached hydrogens (tertiary/aromatic N) is 2. The number of carbonyl (C=O) groups excluding carboxylic acids is 1. The molecule has 0 spiro atoms. The van der Waals surface area contributed by atoms with Crippen molar-refractivity contribution in [2.24, 2.45) is 0 Å². The van der Waals surface area contributed by atoms with E-state index in [-0.39, 0.29) is 11.9 Å². The van der Waals surface area contributed by atoms with Gasteiger partial charge < -0.3 is 14.9 Å². The molecule has 2 heterocycles. The first-order valence-electron chi connectivity index (χ1n) is 7.60. The van der Waals surface area contributed by atoms with Crippen molar-refractivity contribution in [3.63, 3.8) is 0 Å². The van der Waals surface area contributed by atoms with E-state index in [0.29, 0.717) is 6.54 Å². The fourth-order valence-corrected chi connectivity index (χ4v) is 3.04. The van der Waals surface area contributed by atoms with Crippen LogP contribution in [-0.2, 0) is 11.3 Å². The Kier molecular flexibility index (Phi) is 5.02. The lowest BCUT2D eigenvalue weighted by Crippen LogP contribution is -2.32. The molecule has 120 valence electrons. The molecule has 3 aromatic rings. The lowest BCUT2D eigenvalue weighted by Gasteiger charge is -2.18. The predicted octanol–water partition coefficient (Wildman–Crippen LogP) is 2.98. The zero-order chi connectivity index (χ0) is 16.1. The van der Waals surface area contributed by atoms with E-state index in [2.05, 4.69) is 21.5 Å². The standard InChI is InChI=1S/C17H20N4OS/c1-23-11-8-15(21-9-4-5-10-21)17(22)18-12-16-19-13-6-2-3-7-14(13)20-16/h2-7,9-10,15H,8,11-12H2,1H3,(H,18,22)(H,19,20). The number of aromatic amines is 1. The van der Waals surface area contributed by atoms with Gasteiger partial charge in [0.25, 0.3) is 0 Å². The van der Waals surface area contributed by atoms with Gasteiger partial charge in [-0.15, -0.1) is 0 Å². The van der Waals surface area contributed by atoms with Crippen molar-refractivity contribution >= 4 is 28.7 Å². The molecule has 1 aromatic carbocycles. The molecule has 2 aromatic heterocycles. The maximum atomic E-state index is 12.6. The minimum absolute atomic E-state index is 0.0238. The van der Waals surface area contributed by atoms with Crippen LogP contribution in [0.5, 0.6) is 0 Å². The predicted molar refractivity (Wildman–Crippen MR) is 94.4 cm³/mol. The molecular weight excluding hydrogens is 308 g/mol. The molecule has 0 aliphatic rings. The van der Waals surface area contributed by atoms with Gasteiger partial charge in [-0.25, -0.2) is 4.98 Å². The average Bonchev–Trinajstić information content (AvgIpc) is 3.22. The molecule has 0 fully saturated rings. The Morgan fingerprint density at radius 1 is 1.30 bits per heavy atom. The van der Waals surface area contributed by atoms with Crippen molar-refractivity contribution < 1.29 is 4.79 Å². The van der Waals surface area contributed by atoms with Crippen molar-refractivity contribution in [3.05, 3.63) is 54.6 Å². The molecule has 0 radical (unpaired) electrons. The number of nitrogens with one attached hydrogen (secondary N) is 2. The Bertz CT molecular complexity index is 733. The largest absolute Gasteiger partial charge is 0.347 e. The smallest absolute Gasteiger partial charge is 0.243 e. The fourth-order valence-electron chi connectivity index (χ4n) is 2.58. The van der Waals surface area contributed by atoms with Gasteiger partial charge in [0.15, 0.2) is 0 Å². The summed E-state index contributed by atoms with van der Waals surface area (Å²) in [6.45, 7) is 0.407. The summed E-state index contributed by atoms with van der Waals surface area (Å²) in [5, 5.41) is 2.99. The van der Waals surface area contributed by atoms with E-state index < -0.39 is 0 Å². The van der Waals surface area contributed by atoms with Gasteiger partial charge >= 0.3 is 0 Å². The minimum atomic E-state index is -0.179. The first-order chi connectivity index (χ1) is 11.3. The number of amides is 1. The molecular formula is C17H20N4OS. The molecule has 2 N–H and O–H groups in total. The molecule has 0 aliphatic heterocycles. The van der Waals surface area contributed by atoms with Crippen molar-refractivity contribution in [1.29, 1.82) is 0 Å². The zero-order valence-corrected chi connectivity index (χ0v) is 13.8. The highest BCUT2D eigenvalue weighted by Gasteiger charge is 2.19. The summed E-state index contributed by atoms with van der Waals surface area (Å²) in [6.07, 6.45) is 6.73. The molecule has 5 nitrogen and oxygen atoms in total. The number of hydrogen-bond acceptors (Lipinski definition) is 3. The van der Waals surface area contributed by atoms with Crippen LogP contribution in [0.15, 0.2) is 48.8 Å². The topological polar surface area (TPSA) is 62.7 Å². The maximum absolute atomic E-state index is 12.6. The van der Waals surface area contributed by atoms with Gasteiger partial charge in [-0.1, -0.05) is 12.1 Å².